The van der Waals surface area contributed by atoms with Crippen molar-refractivity contribution in [2.24, 2.45) is 0 Å². The maximum atomic E-state index is 4.35. The van der Waals surface area contributed by atoms with Gasteiger partial charge in [-0.1, -0.05) is 13.0 Å². The summed E-state index contributed by atoms with van der Waals surface area (Å²) in [6, 6.07) is 6.05. The van der Waals surface area contributed by atoms with E-state index in [0.29, 0.717) is 5.92 Å². The monoisotopic (exact) mass is 178 g/mol. The van der Waals surface area contributed by atoms with Crippen molar-refractivity contribution in [3.63, 3.8) is 0 Å². The Kier molecular flexibility index (Phi) is 3.04. The maximum absolute atomic E-state index is 4.35. The Morgan fingerprint density at radius 3 is 2.54 bits per heavy atom. The third kappa shape index (κ3) is 2.28. The maximum Gasteiger partial charge on any atom is 0.0449 e. The number of hydrogen-bond acceptors (Lipinski definition) is 2. The number of pyridine rings is 1. The Morgan fingerprint density at radius 1 is 1.38 bits per heavy atom. The van der Waals surface area contributed by atoms with Crippen LogP contribution in [0.4, 0.5) is 0 Å². The molecule has 0 saturated heterocycles. The Labute approximate surface area is 80.4 Å². The van der Waals surface area contributed by atoms with Crippen molar-refractivity contribution in [2.45, 2.75) is 32.2 Å². The molecule has 2 nitrogen and oxygen atoms in total. The van der Waals surface area contributed by atoms with Crippen LogP contribution < -0.4 is 5.32 Å². The van der Waals surface area contributed by atoms with E-state index in [4.69, 9.17) is 0 Å². The topological polar surface area (TPSA) is 24.9 Å². The summed E-state index contributed by atoms with van der Waals surface area (Å²) >= 11 is 0. The van der Waals surface area contributed by atoms with Crippen LogP contribution in [-0.4, -0.2) is 17.6 Å². The van der Waals surface area contributed by atoms with E-state index < -0.39 is 0 Å². The van der Waals surface area contributed by atoms with Gasteiger partial charge >= 0.3 is 0 Å². The molecule has 0 aliphatic heterocycles. The quantitative estimate of drug-likeness (QED) is 0.767. The van der Waals surface area contributed by atoms with Gasteiger partial charge in [-0.05, 0) is 33.0 Å². The second-order valence-electron chi connectivity index (χ2n) is 3.95. The molecule has 1 atom stereocenters. The average Bonchev–Trinajstić information content (AvgIpc) is 2.18. The SMILES string of the molecule is CNC(C)(C)C(C)c1ccccn1. The molecule has 72 valence electrons. The molecule has 13 heavy (non-hydrogen) atoms. The summed E-state index contributed by atoms with van der Waals surface area (Å²) in [6.45, 7) is 6.57. The lowest BCUT2D eigenvalue weighted by Gasteiger charge is -2.31. The largest absolute Gasteiger partial charge is 0.314 e. The Bertz CT molecular complexity index is 254. The predicted molar refractivity (Wildman–Crippen MR) is 55.8 cm³/mol. The van der Waals surface area contributed by atoms with Crippen LogP contribution >= 0.6 is 0 Å². The van der Waals surface area contributed by atoms with Crippen LogP contribution in [-0.2, 0) is 0 Å². The van der Waals surface area contributed by atoms with Crippen molar-refractivity contribution in [1.29, 1.82) is 0 Å². The smallest absolute Gasteiger partial charge is 0.0449 e. The molecule has 1 unspecified atom stereocenters. The van der Waals surface area contributed by atoms with Crippen LogP contribution in [0.1, 0.15) is 32.4 Å². The molecule has 0 aromatic carbocycles. The van der Waals surface area contributed by atoms with Gasteiger partial charge in [0.25, 0.3) is 0 Å². The predicted octanol–water partition coefficient (Wildman–Crippen LogP) is 2.18. The Hall–Kier alpha value is -0.890. The van der Waals surface area contributed by atoms with Gasteiger partial charge in [-0.2, -0.15) is 0 Å². The van der Waals surface area contributed by atoms with Crippen LogP contribution in [0.5, 0.6) is 0 Å². The van der Waals surface area contributed by atoms with Crippen molar-refractivity contribution in [3.8, 4) is 0 Å². The fraction of sp³-hybridized carbons (Fsp3) is 0.545. The van der Waals surface area contributed by atoms with Gasteiger partial charge < -0.3 is 5.32 Å². The van der Waals surface area contributed by atoms with Gasteiger partial charge in [-0.3, -0.25) is 4.98 Å². The van der Waals surface area contributed by atoms with Gasteiger partial charge in [0, 0.05) is 23.3 Å². The lowest BCUT2D eigenvalue weighted by atomic mass is 9.86. The van der Waals surface area contributed by atoms with Gasteiger partial charge in [0.05, 0.1) is 0 Å². The minimum absolute atomic E-state index is 0.0916. The van der Waals surface area contributed by atoms with Crippen molar-refractivity contribution in [3.05, 3.63) is 30.1 Å². The third-order valence-corrected chi connectivity index (χ3v) is 2.86. The van der Waals surface area contributed by atoms with Gasteiger partial charge in [0.2, 0.25) is 0 Å². The first-order valence-corrected chi connectivity index (χ1v) is 4.68. The zero-order valence-electron chi connectivity index (χ0n) is 8.83. The van der Waals surface area contributed by atoms with Crippen molar-refractivity contribution in [2.75, 3.05) is 7.05 Å². The molecule has 2 heteroatoms. The van der Waals surface area contributed by atoms with Crippen LogP contribution in [0, 0.1) is 0 Å². The Morgan fingerprint density at radius 2 is 2.08 bits per heavy atom. The molecule has 0 fully saturated rings. The molecule has 0 bridgehead atoms. The number of nitrogens with zero attached hydrogens (tertiary/aromatic N) is 1. The molecule has 1 aromatic rings. The van der Waals surface area contributed by atoms with Crippen LogP contribution in [0.3, 0.4) is 0 Å². The van der Waals surface area contributed by atoms with E-state index in [1.165, 1.54) is 0 Å². The normalized spacial score (nSPS) is 14.2. The summed E-state index contributed by atoms with van der Waals surface area (Å²) in [5.41, 5.74) is 1.23. The molecule has 0 spiro atoms. The minimum atomic E-state index is 0.0916. The number of hydrogen-bond donors (Lipinski definition) is 1. The van der Waals surface area contributed by atoms with Crippen LogP contribution in [0.2, 0.25) is 0 Å². The second kappa shape index (κ2) is 3.88. The lowest BCUT2D eigenvalue weighted by molar-refractivity contribution is 0.355. The second-order valence-corrected chi connectivity index (χ2v) is 3.95. The zero-order valence-corrected chi connectivity index (χ0v) is 8.83. The highest BCUT2D eigenvalue weighted by atomic mass is 14.9. The van der Waals surface area contributed by atoms with Crippen molar-refractivity contribution >= 4 is 0 Å². The molecule has 0 saturated carbocycles. The summed E-state index contributed by atoms with van der Waals surface area (Å²) in [5.74, 6) is 0.415. The number of likely N-dealkylation sites (N-methyl/N-ethyl adjacent to an activating group) is 1. The summed E-state index contributed by atoms with van der Waals surface area (Å²) in [6.07, 6.45) is 1.84. The zero-order chi connectivity index (χ0) is 9.90. The first-order valence-electron chi connectivity index (χ1n) is 4.68. The third-order valence-electron chi connectivity index (χ3n) is 2.86. The lowest BCUT2D eigenvalue weighted by Crippen LogP contribution is -2.41. The van der Waals surface area contributed by atoms with E-state index in [2.05, 4.69) is 37.1 Å². The highest BCUT2D eigenvalue weighted by Crippen LogP contribution is 2.24. The summed E-state index contributed by atoms with van der Waals surface area (Å²) in [4.78, 5) is 4.35. The van der Waals surface area contributed by atoms with Gasteiger partial charge in [0.15, 0.2) is 0 Å². The molecular formula is C11H18N2. The van der Waals surface area contributed by atoms with E-state index in [1.54, 1.807) is 0 Å². The molecule has 1 N–H and O–H groups in total. The average molecular weight is 178 g/mol. The van der Waals surface area contributed by atoms with E-state index in [1.807, 2.05) is 25.4 Å². The number of nitrogens with one attached hydrogen (secondary N) is 1. The molecule has 1 aromatic heterocycles. The van der Waals surface area contributed by atoms with Crippen molar-refractivity contribution < 1.29 is 0 Å². The highest BCUT2D eigenvalue weighted by Gasteiger charge is 2.25. The van der Waals surface area contributed by atoms with Crippen LogP contribution in [0.25, 0.3) is 0 Å². The van der Waals surface area contributed by atoms with Gasteiger partial charge in [-0.15, -0.1) is 0 Å². The van der Waals surface area contributed by atoms with Gasteiger partial charge in [0.1, 0.15) is 0 Å². The Balaban J connectivity index is 2.85. The van der Waals surface area contributed by atoms with E-state index in [0.717, 1.165) is 5.69 Å². The molecular weight excluding hydrogens is 160 g/mol. The fourth-order valence-corrected chi connectivity index (χ4v) is 1.22. The van der Waals surface area contributed by atoms with E-state index >= 15 is 0 Å². The van der Waals surface area contributed by atoms with Crippen molar-refractivity contribution in [1.82, 2.24) is 10.3 Å². The van der Waals surface area contributed by atoms with Crippen LogP contribution in [0.15, 0.2) is 24.4 Å². The van der Waals surface area contributed by atoms with E-state index in [-0.39, 0.29) is 5.54 Å². The van der Waals surface area contributed by atoms with E-state index in [9.17, 15) is 0 Å². The molecule has 0 amide bonds. The van der Waals surface area contributed by atoms with Gasteiger partial charge in [-0.25, -0.2) is 0 Å². The summed E-state index contributed by atoms with van der Waals surface area (Å²) in [5, 5.41) is 3.30. The number of rotatable bonds is 3. The first-order chi connectivity index (χ1) is 6.08. The molecule has 0 aliphatic carbocycles. The summed E-state index contributed by atoms with van der Waals surface area (Å²) < 4.78 is 0. The fourth-order valence-electron chi connectivity index (χ4n) is 1.22. The molecule has 1 rings (SSSR count). The first kappa shape index (κ1) is 10.2. The number of aromatic nitrogens is 1. The molecule has 1 heterocycles. The highest BCUT2D eigenvalue weighted by molar-refractivity contribution is 5.13. The minimum Gasteiger partial charge on any atom is -0.314 e. The molecule has 0 aliphatic rings. The standard InChI is InChI=1S/C11H18N2/c1-9(11(2,3)12-4)10-7-5-6-8-13-10/h5-9,12H,1-4H3. The molecule has 0 radical (unpaired) electrons. The summed E-state index contributed by atoms with van der Waals surface area (Å²) in [7, 11) is 1.99.